The Labute approximate surface area is 138 Å². The molecule has 0 N–H and O–H groups in total. The van der Waals surface area contributed by atoms with Crippen LogP contribution in [0.1, 0.15) is 44.7 Å². The Morgan fingerprint density at radius 2 is 1.78 bits per heavy atom. The molecule has 0 atom stereocenters. The smallest absolute Gasteiger partial charge is 0.293 e. The predicted octanol–water partition coefficient (Wildman–Crippen LogP) is 3.66. The molecule has 1 aromatic carbocycles. The van der Waals surface area contributed by atoms with E-state index >= 15 is 0 Å². The molecule has 4 nitrogen and oxygen atoms in total. The van der Waals surface area contributed by atoms with Crippen LogP contribution in [-0.4, -0.2) is 16.6 Å². The molecule has 2 rings (SSSR count). The summed E-state index contributed by atoms with van der Waals surface area (Å²) in [6.07, 6.45) is 3.47. The Balaban J connectivity index is 2.17. The van der Waals surface area contributed by atoms with E-state index in [0.717, 1.165) is 0 Å². The summed E-state index contributed by atoms with van der Waals surface area (Å²) in [5.74, 6) is 1.46. The van der Waals surface area contributed by atoms with Gasteiger partial charge in [-0.1, -0.05) is 52.0 Å². The first-order valence-electron chi connectivity index (χ1n) is 8.24. The summed E-state index contributed by atoms with van der Waals surface area (Å²) >= 11 is 0. The Hall–Kier alpha value is -2.10. The van der Waals surface area contributed by atoms with Crippen LogP contribution in [0.25, 0.3) is 0 Å². The first kappa shape index (κ1) is 17.3. The maximum atomic E-state index is 12.5. The van der Waals surface area contributed by atoms with Crippen molar-refractivity contribution >= 4 is 5.82 Å². The second-order valence-electron chi connectivity index (χ2n) is 6.85. The van der Waals surface area contributed by atoms with Crippen molar-refractivity contribution in [2.75, 3.05) is 11.9 Å². The molecule has 4 heteroatoms. The highest BCUT2D eigenvalue weighted by Gasteiger charge is 2.11. The van der Waals surface area contributed by atoms with Crippen LogP contribution in [0.2, 0.25) is 0 Å². The van der Waals surface area contributed by atoms with Crippen LogP contribution in [0.4, 0.5) is 5.82 Å². The monoisotopic (exact) mass is 313 g/mol. The van der Waals surface area contributed by atoms with Gasteiger partial charge in [0.05, 0.1) is 0 Å². The maximum absolute atomic E-state index is 12.5. The third kappa shape index (κ3) is 4.44. The molecule has 124 valence electrons. The molecule has 2 aromatic rings. The lowest BCUT2D eigenvalue weighted by molar-refractivity contribution is 0.508. The maximum Gasteiger partial charge on any atom is 0.293 e. The molecule has 0 amide bonds. The molecule has 1 heterocycles. The number of nitrogens with zero attached hydrogens (tertiary/aromatic N) is 3. The van der Waals surface area contributed by atoms with Crippen molar-refractivity contribution in [1.82, 2.24) is 9.55 Å². The van der Waals surface area contributed by atoms with Gasteiger partial charge in [0.25, 0.3) is 5.56 Å². The third-order valence-electron chi connectivity index (χ3n) is 3.89. The minimum Gasteiger partial charge on any atom is -0.351 e. The predicted molar refractivity (Wildman–Crippen MR) is 96.0 cm³/mol. The fraction of sp³-hybridized carbons (Fsp3) is 0.474. The van der Waals surface area contributed by atoms with Gasteiger partial charge in [-0.2, -0.15) is 0 Å². The molecule has 0 fully saturated rings. The van der Waals surface area contributed by atoms with E-state index in [1.54, 1.807) is 17.0 Å². The molecular formula is C19H27N3O. The largest absolute Gasteiger partial charge is 0.351 e. The molecule has 0 saturated heterocycles. The van der Waals surface area contributed by atoms with E-state index in [-0.39, 0.29) is 5.56 Å². The normalized spacial score (nSPS) is 11.3. The standard InChI is InChI=1S/C19H27N3O/c1-14(2)12-22-11-10-20-18(19(22)23)21(5)13-16-6-8-17(9-7-16)15(3)4/h6-11,14-15H,12-13H2,1-5H3. The van der Waals surface area contributed by atoms with E-state index in [4.69, 9.17) is 0 Å². The molecule has 0 aliphatic heterocycles. The third-order valence-corrected chi connectivity index (χ3v) is 3.89. The van der Waals surface area contributed by atoms with E-state index in [0.29, 0.717) is 30.7 Å². The average Bonchev–Trinajstić information content (AvgIpc) is 2.49. The van der Waals surface area contributed by atoms with Gasteiger partial charge >= 0.3 is 0 Å². The molecule has 0 spiro atoms. The second kappa shape index (κ2) is 7.44. The molecule has 0 aliphatic rings. The topological polar surface area (TPSA) is 38.1 Å². The highest BCUT2D eigenvalue weighted by Crippen LogP contribution is 2.16. The summed E-state index contributed by atoms with van der Waals surface area (Å²) in [6.45, 7) is 9.97. The molecule has 0 unspecified atom stereocenters. The van der Waals surface area contributed by atoms with Crippen molar-refractivity contribution in [2.24, 2.45) is 5.92 Å². The SMILES string of the molecule is CC(C)Cn1ccnc(N(C)Cc2ccc(C(C)C)cc2)c1=O. The Morgan fingerprint density at radius 1 is 1.13 bits per heavy atom. The number of hydrogen-bond acceptors (Lipinski definition) is 3. The van der Waals surface area contributed by atoms with Crippen LogP contribution in [-0.2, 0) is 13.1 Å². The van der Waals surface area contributed by atoms with Gasteiger partial charge in [0.1, 0.15) is 0 Å². The molecule has 0 aliphatic carbocycles. The van der Waals surface area contributed by atoms with Crippen molar-refractivity contribution in [3.05, 3.63) is 58.1 Å². The van der Waals surface area contributed by atoms with Gasteiger partial charge in [-0.15, -0.1) is 0 Å². The van der Waals surface area contributed by atoms with E-state index in [2.05, 4.69) is 56.9 Å². The van der Waals surface area contributed by atoms with Crippen LogP contribution in [0.3, 0.4) is 0 Å². The number of rotatable bonds is 6. The summed E-state index contributed by atoms with van der Waals surface area (Å²) in [5, 5.41) is 0. The van der Waals surface area contributed by atoms with Crippen LogP contribution < -0.4 is 10.5 Å². The van der Waals surface area contributed by atoms with Crippen molar-refractivity contribution in [3.8, 4) is 0 Å². The zero-order valence-electron chi connectivity index (χ0n) is 14.8. The summed E-state index contributed by atoms with van der Waals surface area (Å²) in [6, 6.07) is 8.56. The van der Waals surface area contributed by atoms with Gasteiger partial charge in [-0.05, 0) is 23.0 Å². The summed E-state index contributed by atoms with van der Waals surface area (Å²) < 4.78 is 1.74. The van der Waals surface area contributed by atoms with E-state index in [1.165, 1.54) is 11.1 Å². The molecule has 0 radical (unpaired) electrons. The number of anilines is 1. The van der Waals surface area contributed by atoms with E-state index in [1.807, 2.05) is 11.9 Å². The van der Waals surface area contributed by atoms with Crippen molar-refractivity contribution in [3.63, 3.8) is 0 Å². The number of hydrogen-bond donors (Lipinski definition) is 0. The summed E-state index contributed by atoms with van der Waals surface area (Å²) in [7, 11) is 1.92. The van der Waals surface area contributed by atoms with Gasteiger partial charge in [-0.25, -0.2) is 4.98 Å². The van der Waals surface area contributed by atoms with Gasteiger partial charge in [0, 0.05) is 32.5 Å². The lowest BCUT2D eigenvalue weighted by atomic mass is 10.0. The summed E-state index contributed by atoms with van der Waals surface area (Å²) in [4.78, 5) is 18.7. The first-order valence-corrected chi connectivity index (χ1v) is 8.24. The zero-order chi connectivity index (χ0) is 17.0. The lowest BCUT2D eigenvalue weighted by Gasteiger charge is -2.19. The van der Waals surface area contributed by atoms with Gasteiger partial charge < -0.3 is 9.47 Å². The number of benzene rings is 1. The van der Waals surface area contributed by atoms with Crippen molar-refractivity contribution in [2.45, 2.75) is 46.7 Å². The van der Waals surface area contributed by atoms with E-state index < -0.39 is 0 Å². The Morgan fingerprint density at radius 3 is 2.35 bits per heavy atom. The molecular weight excluding hydrogens is 286 g/mol. The van der Waals surface area contributed by atoms with Gasteiger partial charge in [0.2, 0.25) is 0 Å². The quantitative estimate of drug-likeness (QED) is 0.817. The zero-order valence-corrected chi connectivity index (χ0v) is 14.8. The molecule has 23 heavy (non-hydrogen) atoms. The fourth-order valence-electron chi connectivity index (χ4n) is 2.59. The average molecular weight is 313 g/mol. The van der Waals surface area contributed by atoms with Crippen molar-refractivity contribution < 1.29 is 0 Å². The van der Waals surface area contributed by atoms with Crippen LogP contribution in [0.15, 0.2) is 41.5 Å². The van der Waals surface area contributed by atoms with Crippen LogP contribution in [0.5, 0.6) is 0 Å². The molecule has 0 saturated carbocycles. The molecule has 0 bridgehead atoms. The second-order valence-corrected chi connectivity index (χ2v) is 6.85. The van der Waals surface area contributed by atoms with Crippen LogP contribution >= 0.6 is 0 Å². The lowest BCUT2D eigenvalue weighted by Crippen LogP contribution is -2.31. The first-order chi connectivity index (χ1) is 10.9. The Bertz CT molecular complexity index is 687. The van der Waals surface area contributed by atoms with Gasteiger partial charge in [0.15, 0.2) is 5.82 Å². The highest BCUT2D eigenvalue weighted by molar-refractivity contribution is 5.36. The molecule has 1 aromatic heterocycles. The van der Waals surface area contributed by atoms with E-state index in [9.17, 15) is 4.79 Å². The minimum absolute atomic E-state index is 0.0255. The highest BCUT2D eigenvalue weighted by atomic mass is 16.1. The fourth-order valence-corrected chi connectivity index (χ4v) is 2.59. The number of aromatic nitrogens is 2. The Kier molecular flexibility index (Phi) is 5.59. The van der Waals surface area contributed by atoms with Gasteiger partial charge in [-0.3, -0.25) is 4.79 Å². The minimum atomic E-state index is -0.0255. The van der Waals surface area contributed by atoms with Crippen molar-refractivity contribution in [1.29, 1.82) is 0 Å². The summed E-state index contributed by atoms with van der Waals surface area (Å²) in [5.41, 5.74) is 2.48. The van der Waals surface area contributed by atoms with Crippen LogP contribution in [0, 0.1) is 5.92 Å².